The Morgan fingerprint density at radius 2 is 2.17 bits per heavy atom. The van der Waals surface area contributed by atoms with Crippen LogP contribution in [-0.4, -0.2) is 22.4 Å². The molecule has 0 radical (unpaired) electrons. The zero-order valence-corrected chi connectivity index (χ0v) is 9.41. The van der Waals surface area contributed by atoms with Gasteiger partial charge >= 0.3 is 12.3 Å². The summed E-state index contributed by atoms with van der Waals surface area (Å²) in [6.45, 7) is 1.24. The van der Waals surface area contributed by atoms with E-state index >= 15 is 0 Å². The monoisotopic (exact) mass is 264 g/mol. The molecule has 0 aliphatic carbocycles. The van der Waals surface area contributed by atoms with Crippen LogP contribution in [0.15, 0.2) is 6.20 Å². The Kier molecular flexibility index (Phi) is 4.12. The Bertz CT molecular complexity index is 460. The van der Waals surface area contributed by atoms with Crippen molar-refractivity contribution in [1.29, 1.82) is 0 Å². The number of aliphatic carboxylic acids is 1. The van der Waals surface area contributed by atoms with Gasteiger partial charge in [0.25, 0.3) is 0 Å². The van der Waals surface area contributed by atoms with Crippen molar-refractivity contribution >= 4 is 5.97 Å². The molecule has 8 heteroatoms. The van der Waals surface area contributed by atoms with Crippen LogP contribution in [0.3, 0.4) is 0 Å². The molecule has 5 nitrogen and oxygen atoms in total. The first-order valence-corrected chi connectivity index (χ1v) is 4.89. The van der Waals surface area contributed by atoms with Gasteiger partial charge in [0.05, 0.1) is 6.42 Å². The predicted molar refractivity (Wildman–Crippen MR) is 54.9 cm³/mol. The summed E-state index contributed by atoms with van der Waals surface area (Å²) < 4.78 is 40.7. The molecule has 1 heterocycles. The van der Waals surface area contributed by atoms with Crippen LogP contribution in [0.5, 0.6) is 5.75 Å². The van der Waals surface area contributed by atoms with Gasteiger partial charge in [-0.2, -0.15) is 0 Å². The van der Waals surface area contributed by atoms with Crippen molar-refractivity contribution in [2.75, 3.05) is 0 Å². The molecule has 18 heavy (non-hydrogen) atoms. The fraction of sp³-hybridized carbons (Fsp3) is 0.400. The molecule has 0 aromatic carbocycles. The van der Waals surface area contributed by atoms with Crippen molar-refractivity contribution in [3.8, 4) is 5.75 Å². The number of hydrogen-bond donors (Lipinski definition) is 2. The number of nitrogens with two attached hydrogens (primary N) is 1. The van der Waals surface area contributed by atoms with Gasteiger partial charge < -0.3 is 15.6 Å². The van der Waals surface area contributed by atoms with Crippen LogP contribution in [0.2, 0.25) is 0 Å². The molecule has 0 aliphatic heterocycles. The average Bonchev–Trinajstić information content (AvgIpc) is 2.20. The van der Waals surface area contributed by atoms with Crippen LogP contribution in [0.1, 0.15) is 16.8 Å². The average molecular weight is 264 g/mol. The molecule has 1 aromatic heterocycles. The second-order valence-corrected chi connectivity index (χ2v) is 3.50. The molecule has 0 unspecified atom stereocenters. The van der Waals surface area contributed by atoms with Gasteiger partial charge in [-0.3, -0.25) is 9.78 Å². The summed E-state index contributed by atoms with van der Waals surface area (Å²) in [6, 6.07) is 0. The molecule has 0 atom stereocenters. The first-order valence-electron chi connectivity index (χ1n) is 4.89. The molecule has 1 aromatic rings. The van der Waals surface area contributed by atoms with E-state index in [0.717, 1.165) is 6.20 Å². The van der Waals surface area contributed by atoms with E-state index in [1.165, 1.54) is 6.92 Å². The lowest BCUT2D eigenvalue weighted by Crippen LogP contribution is -2.21. The van der Waals surface area contributed by atoms with E-state index < -0.39 is 24.5 Å². The minimum absolute atomic E-state index is 0.0473. The van der Waals surface area contributed by atoms with E-state index in [9.17, 15) is 18.0 Å². The van der Waals surface area contributed by atoms with E-state index in [2.05, 4.69) is 9.72 Å². The zero-order valence-electron chi connectivity index (χ0n) is 9.41. The Hall–Kier alpha value is -1.83. The van der Waals surface area contributed by atoms with Gasteiger partial charge in [0, 0.05) is 29.6 Å². The number of alkyl halides is 3. The quantitative estimate of drug-likeness (QED) is 0.857. The molecule has 0 saturated carbocycles. The molecule has 0 aliphatic rings. The lowest BCUT2D eigenvalue weighted by Gasteiger charge is -2.16. The number of aryl methyl sites for hydroxylation is 1. The topological polar surface area (TPSA) is 85.4 Å². The van der Waals surface area contributed by atoms with Gasteiger partial charge in [0.2, 0.25) is 0 Å². The molecular formula is C10H11F3N2O3. The van der Waals surface area contributed by atoms with E-state index in [0.29, 0.717) is 0 Å². The second kappa shape index (κ2) is 5.21. The first-order chi connectivity index (χ1) is 8.24. The summed E-state index contributed by atoms with van der Waals surface area (Å²) in [7, 11) is 0. The molecular weight excluding hydrogens is 253 g/mol. The number of pyridine rings is 1. The Morgan fingerprint density at radius 1 is 1.56 bits per heavy atom. The molecule has 0 fully saturated rings. The summed E-state index contributed by atoms with van der Waals surface area (Å²) in [5.74, 6) is -1.85. The lowest BCUT2D eigenvalue weighted by molar-refractivity contribution is -0.275. The SMILES string of the molecule is Cc1ncc(CC(=O)O)c(OC(F)(F)F)c1CN. The first kappa shape index (κ1) is 14.2. The van der Waals surface area contributed by atoms with Gasteiger partial charge in [-0.05, 0) is 6.92 Å². The third kappa shape index (κ3) is 3.59. The van der Waals surface area contributed by atoms with Crippen molar-refractivity contribution in [1.82, 2.24) is 4.98 Å². The fourth-order valence-corrected chi connectivity index (χ4v) is 1.44. The summed E-state index contributed by atoms with van der Waals surface area (Å²) in [5, 5.41) is 8.63. The molecule has 0 saturated heterocycles. The summed E-state index contributed by atoms with van der Waals surface area (Å²) in [6.07, 6.45) is -4.49. The highest BCUT2D eigenvalue weighted by atomic mass is 19.4. The maximum Gasteiger partial charge on any atom is 0.573 e. The highest BCUT2D eigenvalue weighted by Gasteiger charge is 2.34. The number of nitrogens with zero attached hydrogens (tertiary/aromatic N) is 1. The van der Waals surface area contributed by atoms with E-state index in [1.807, 2.05) is 0 Å². The van der Waals surface area contributed by atoms with Gasteiger partial charge in [-0.25, -0.2) is 0 Å². The minimum atomic E-state index is -4.91. The highest BCUT2D eigenvalue weighted by Crippen LogP contribution is 2.31. The van der Waals surface area contributed by atoms with E-state index in [-0.39, 0.29) is 23.4 Å². The largest absolute Gasteiger partial charge is 0.573 e. The molecule has 0 bridgehead atoms. The van der Waals surface area contributed by atoms with Gasteiger partial charge in [0.1, 0.15) is 5.75 Å². The predicted octanol–water partition coefficient (Wildman–Crippen LogP) is 1.37. The van der Waals surface area contributed by atoms with Gasteiger partial charge in [0.15, 0.2) is 0 Å². The number of carbonyl (C=O) groups is 1. The van der Waals surface area contributed by atoms with E-state index in [4.69, 9.17) is 10.8 Å². The van der Waals surface area contributed by atoms with Gasteiger partial charge in [-0.1, -0.05) is 0 Å². The molecule has 1 rings (SSSR count). The third-order valence-corrected chi connectivity index (χ3v) is 2.18. The normalized spacial score (nSPS) is 11.4. The summed E-state index contributed by atoms with van der Waals surface area (Å²) in [4.78, 5) is 14.4. The summed E-state index contributed by atoms with van der Waals surface area (Å²) in [5.41, 5.74) is 5.49. The van der Waals surface area contributed by atoms with Crippen LogP contribution < -0.4 is 10.5 Å². The number of halogens is 3. The number of carboxylic acids is 1. The Morgan fingerprint density at radius 3 is 2.61 bits per heavy atom. The van der Waals surface area contributed by atoms with Crippen molar-refractivity contribution in [3.63, 3.8) is 0 Å². The molecule has 0 spiro atoms. The number of carboxylic acid groups (broad SMARTS) is 1. The highest BCUT2D eigenvalue weighted by molar-refractivity contribution is 5.71. The Balaban J connectivity index is 3.29. The molecule has 3 N–H and O–H groups in total. The van der Waals surface area contributed by atoms with Crippen LogP contribution in [0.4, 0.5) is 13.2 Å². The molecule has 0 amide bonds. The number of aromatic nitrogens is 1. The number of hydrogen-bond acceptors (Lipinski definition) is 4. The summed E-state index contributed by atoms with van der Waals surface area (Å²) >= 11 is 0. The van der Waals surface area contributed by atoms with E-state index in [1.54, 1.807) is 0 Å². The fourth-order valence-electron chi connectivity index (χ4n) is 1.44. The van der Waals surface area contributed by atoms with Crippen molar-refractivity contribution in [3.05, 3.63) is 23.0 Å². The van der Waals surface area contributed by atoms with Crippen molar-refractivity contribution < 1.29 is 27.8 Å². The van der Waals surface area contributed by atoms with Crippen LogP contribution in [-0.2, 0) is 17.8 Å². The molecule has 100 valence electrons. The number of ether oxygens (including phenoxy) is 1. The number of rotatable bonds is 4. The van der Waals surface area contributed by atoms with Crippen LogP contribution in [0.25, 0.3) is 0 Å². The minimum Gasteiger partial charge on any atom is -0.481 e. The maximum absolute atomic E-state index is 12.3. The zero-order chi connectivity index (χ0) is 13.9. The van der Waals surface area contributed by atoms with Crippen LogP contribution >= 0.6 is 0 Å². The second-order valence-electron chi connectivity index (χ2n) is 3.50. The van der Waals surface area contributed by atoms with Crippen molar-refractivity contribution in [2.45, 2.75) is 26.3 Å². The lowest BCUT2D eigenvalue weighted by atomic mass is 10.1. The third-order valence-electron chi connectivity index (χ3n) is 2.18. The smallest absolute Gasteiger partial charge is 0.481 e. The maximum atomic E-state index is 12.3. The Labute approximate surface area is 100 Å². The van der Waals surface area contributed by atoms with Gasteiger partial charge in [-0.15, -0.1) is 13.2 Å². The van der Waals surface area contributed by atoms with Crippen LogP contribution in [0, 0.1) is 6.92 Å². The standard InChI is InChI=1S/C10H11F3N2O3/c1-5-7(3-14)9(18-10(11,12)13)6(4-15-5)2-8(16)17/h4H,2-3,14H2,1H3,(H,16,17). The van der Waals surface area contributed by atoms with Crippen molar-refractivity contribution in [2.24, 2.45) is 5.73 Å².